The van der Waals surface area contributed by atoms with E-state index in [-0.39, 0.29) is 6.42 Å². The van der Waals surface area contributed by atoms with E-state index in [9.17, 15) is 26.0 Å². The third-order valence-electron chi connectivity index (χ3n) is 3.42. The van der Waals surface area contributed by atoms with Gasteiger partial charge in [0, 0.05) is 19.5 Å². The molecule has 9 heteroatoms. The maximum absolute atomic E-state index is 13.0. The van der Waals surface area contributed by atoms with Gasteiger partial charge in [0.25, 0.3) is 0 Å². The van der Waals surface area contributed by atoms with Gasteiger partial charge in [0.05, 0.1) is 0 Å². The van der Waals surface area contributed by atoms with Crippen LogP contribution in [-0.4, -0.2) is 37.2 Å². The zero-order valence-electron chi connectivity index (χ0n) is 15.3. The van der Waals surface area contributed by atoms with E-state index in [1.54, 1.807) is 0 Å². The Balaban J connectivity index is 0. The van der Waals surface area contributed by atoms with Crippen LogP contribution in [0, 0.1) is 0 Å². The third kappa shape index (κ3) is 11.6. The number of hydrogen-bond donors (Lipinski definition) is 2. The SMILES string of the molecule is C=CCNCC=C.CCCCCCCCCC(F)(F)C(F)(F)S(=O)(=O)O. The molecular weight excluding hydrogens is 374 g/mol. The summed E-state index contributed by atoms with van der Waals surface area (Å²) in [6.07, 6.45) is 7.05. The molecule has 0 rings (SSSR count). The van der Waals surface area contributed by atoms with Crippen molar-refractivity contribution >= 4 is 10.1 Å². The zero-order chi connectivity index (χ0) is 20.7. The highest BCUT2D eigenvalue weighted by molar-refractivity contribution is 7.87. The highest BCUT2D eigenvalue weighted by Gasteiger charge is 2.64. The predicted octanol–water partition coefficient (Wildman–Crippen LogP) is 5.19. The molecule has 0 unspecified atom stereocenters. The Morgan fingerprint density at radius 1 is 0.923 bits per heavy atom. The molecule has 0 amide bonds. The molecule has 0 aliphatic heterocycles. The molecule has 0 saturated heterocycles. The number of unbranched alkanes of at least 4 members (excludes halogenated alkanes) is 6. The molecule has 0 radical (unpaired) electrons. The van der Waals surface area contributed by atoms with Crippen LogP contribution in [0.4, 0.5) is 17.6 Å². The average Bonchev–Trinajstić information content (AvgIpc) is 2.54. The van der Waals surface area contributed by atoms with Crippen molar-refractivity contribution in [3.8, 4) is 0 Å². The molecular formula is C17H31F4NO3S. The van der Waals surface area contributed by atoms with Crippen molar-refractivity contribution in [2.24, 2.45) is 0 Å². The van der Waals surface area contributed by atoms with Gasteiger partial charge in [-0.05, 0) is 6.42 Å². The number of nitrogens with one attached hydrogen (secondary N) is 1. The fraction of sp³-hybridized carbons (Fsp3) is 0.765. The van der Waals surface area contributed by atoms with Crippen LogP contribution in [0.2, 0.25) is 0 Å². The van der Waals surface area contributed by atoms with Gasteiger partial charge in [-0.1, -0.05) is 57.6 Å². The first-order chi connectivity index (χ1) is 12.0. The lowest BCUT2D eigenvalue weighted by Gasteiger charge is -2.23. The first-order valence-corrected chi connectivity index (χ1v) is 10.1. The van der Waals surface area contributed by atoms with Crippen LogP contribution in [0.1, 0.15) is 58.3 Å². The highest BCUT2D eigenvalue weighted by Crippen LogP contribution is 2.41. The minimum atomic E-state index is -6.10. The van der Waals surface area contributed by atoms with Gasteiger partial charge in [-0.25, -0.2) is 0 Å². The molecule has 0 aromatic heterocycles. The van der Waals surface area contributed by atoms with Crippen LogP contribution in [0.15, 0.2) is 25.3 Å². The smallest absolute Gasteiger partial charge is 0.310 e. The lowest BCUT2D eigenvalue weighted by molar-refractivity contribution is -0.164. The van der Waals surface area contributed by atoms with Gasteiger partial charge in [0.1, 0.15) is 0 Å². The molecule has 156 valence electrons. The standard InChI is InChI=1S/C11H20F4O3S.C6H11N/c1-2-3-4-5-6-7-8-9-10(12,13)11(14,15)19(16,17)18;1-3-5-7-6-4-2/h2-9H2,1H3,(H,16,17,18);3-4,7H,1-2,5-6H2. The van der Waals surface area contributed by atoms with Crippen LogP contribution in [-0.2, 0) is 10.1 Å². The maximum Gasteiger partial charge on any atom is 0.431 e. The largest absolute Gasteiger partial charge is 0.431 e. The Labute approximate surface area is 154 Å². The van der Waals surface area contributed by atoms with Gasteiger partial charge in [-0.2, -0.15) is 26.0 Å². The van der Waals surface area contributed by atoms with Crippen molar-refractivity contribution in [1.82, 2.24) is 5.32 Å². The van der Waals surface area contributed by atoms with Crippen LogP contribution >= 0.6 is 0 Å². The molecule has 2 N–H and O–H groups in total. The summed E-state index contributed by atoms with van der Waals surface area (Å²) in [4.78, 5) is 0. The number of rotatable bonds is 14. The second-order valence-corrected chi connectivity index (χ2v) is 7.27. The van der Waals surface area contributed by atoms with Crippen molar-refractivity contribution < 1.29 is 30.5 Å². The molecule has 26 heavy (non-hydrogen) atoms. The van der Waals surface area contributed by atoms with Crippen LogP contribution in [0.3, 0.4) is 0 Å². The lowest BCUT2D eigenvalue weighted by Crippen LogP contribution is -2.46. The Morgan fingerprint density at radius 3 is 1.73 bits per heavy atom. The fourth-order valence-corrected chi connectivity index (χ4v) is 2.41. The van der Waals surface area contributed by atoms with Gasteiger partial charge in [0.15, 0.2) is 0 Å². The monoisotopic (exact) mass is 405 g/mol. The Kier molecular flexibility index (Phi) is 14.9. The second-order valence-electron chi connectivity index (χ2n) is 5.80. The zero-order valence-corrected chi connectivity index (χ0v) is 16.1. The van der Waals surface area contributed by atoms with Gasteiger partial charge in [-0.15, -0.1) is 13.2 Å². The molecule has 0 saturated carbocycles. The molecule has 0 bridgehead atoms. The van der Waals surface area contributed by atoms with E-state index in [2.05, 4.69) is 18.5 Å². The summed E-state index contributed by atoms with van der Waals surface area (Å²) < 4.78 is 80.3. The minimum Gasteiger partial charge on any atom is -0.310 e. The Morgan fingerprint density at radius 2 is 1.35 bits per heavy atom. The Bertz CT molecular complexity index is 474. The van der Waals surface area contributed by atoms with Crippen molar-refractivity contribution in [1.29, 1.82) is 0 Å². The van der Waals surface area contributed by atoms with E-state index >= 15 is 0 Å². The molecule has 0 spiro atoms. The molecule has 0 aliphatic rings. The molecule has 0 aliphatic carbocycles. The minimum absolute atomic E-state index is 0.204. The van der Waals surface area contributed by atoms with E-state index in [1.807, 2.05) is 19.1 Å². The first-order valence-electron chi connectivity index (χ1n) is 8.63. The summed E-state index contributed by atoms with van der Waals surface area (Å²) in [6.45, 7) is 10.8. The van der Waals surface area contributed by atoms with Crippen molar-refractivity contribution in [3.05, 3.63) is 25.3 Å². The molecule has 0 aromatic carbocycles. The summed E-state index contributed by atoms with van der Waals surface area (Å²) in [5.41, 5.74) is 0. The van der Waals surface area contributed by atoms with Crippen LogP contribution in [0.25, 0.3) is 0 Å². The number of hydrogen-bond acceptors (Lipinski definition) is 3. The highest BCUT2D eigenvalue weighted by atomic mass is 32.2. The van der Waals surface area contributed by atoms with Crippen LogP contribution < -0.4 is 5.32 Å². The molecule has 0 atom stereocenters. The summed E-state index contributed by atoms with van der Waals surface area (Å²) in [6, 6.07) is 0. The quantitative estimate of drug-likeness (QED) is 0.181. The molecule has 0 fully saturated rings. The number of halogens is 4. The van der Waals surface area contributed by atoms with E-state index in [4.69, 9.17) is 4.55 Å². The van der Waals surface area contributed by atoms with E-state index < -0.39 is 27.7 Å². The average molecular weight is 405 g/mol. The van der Waals surface area contributed by atoms with E-state index in [1.165, 1.54) is 0 Å². The second kappa shape index (κ2) is 14.2. The summed E-state index contributed by atoms with van der Waals surface area (Å²) in [5, 5.41) is -2.38. The lowest BCUT2D eigenvalue weighted by atomic mass is 10.1. The van der Waals surface area contributed by atoms with E-state index in [0.717, 1.165) is 38.8 Å². The van der Waals surface area contributed by atoms with Gasteiger partial charge in [-0.3, -0.25) is 4.55 Å². The van der Waals surface area contributed by atoms with Crippen LogP contribution in [0.5, 0.6) is 0 Å². The first kappa shape index (κ1) is 27.3. The maximum atomic E-state index is 13.0. The van der Waals surface area contributed by atoms with Gasteiger partial charge >= 0.3 is 21.3 Å². The predicted molar refractivity (Wildman–Crippen MR) is 97.3 cm³/mol. The van der Waals surface area contributed by atoms with Crippen molar-refractivity contribution in [3.63, 3.8) is 0 Å². The number of alkyl halides is 4. The summed E-state index contributed by atoms with van der Waals surface area (Å²) >= 11 is 0. The third-order valence-corrected chi connectivity index (χ3v) is 4.37. The summed E-state index contributed by atoms with van der Waals surface area (Å²) in [5.74, 6) is -4.75. The van der Waals surface area contributed by atoms with E-state index in [0.29, 0.717) is 12.8 Å². The van der Waals surface area contributed by atoms with Crippen molar-refractivity contribution in [2.45, 2.75) is 69.5 Å². The van der Waals surface area contributed by atoms with Gasteiger partial charge < -0.3 is 5.32 Å². The Hall–Kier alpha value is -0.930. The normalized spacial score (nSPS) is 12.2. The fourth-order valence-electron chi connectivity index (χ4n) is 1.93. The topological polar surface area (TPSA) is 66.4 Å². The van der Waals surface area contributed by atoms with Gasteiger partial charge in [0.2, 0.25) is 0 Å². The van der Waals surface area contributed by atoms with Crippen molar-refractivity contribution in [2.75, 3.05) is 13.1 Å². The summed E-state index contributed by atoms with van der Waals surface area (Å²) in [7, 11) is -6.10. The molecule has 0 aromatic rings. The molecule has 0 heterocycles. The molecule has 4 nitrogen and oxygen atoms in total.